The van der Waals surface area contributed by atoms with E-state index in [-0.39, 0.29) is 0 Å². The first-order valence-electron chi connectivity index (χ1n) is 6.60. The third kappa shape index (κ3) is 2.59. The number of nitrogens with zero attached hydrogens (tertiary/aromatic N) is 3. The van der Waals surface area contributed by atoms with Crippen LogP contribution in [0.2, 0.25) is 10.0 Å². The molecule has 0 aliphatic heterocycles. The summed E-state index contributed by atoms with van der Waals surface area (Å²) < 4.78 is 2.00. The van der Waals surface area contributed by atoms with Gasteiger partial charge in [-0.1, -0.05) is 23.2 Å². The molecule has 0 unspecified atom stereocenters. The van der Waals surface area contributed by atoms with Crippen molar-refractivity contribution in [3.05, 3.63) is 70.0 Å². The fraction of sp³-hybridized carbons (Fsp3) is 0.0588. The molecule has 0 N–H and O–H groups in total. The van der Waals surface area contributed by atoms with Gasteiger partial charge in [-0.3, -0.25) is 4.57 Å². The van der Waals surface area contributed by atoms with Gasteiger partial charge >= 0.3 is 0 Å². The van der Waals surface area contributed by atoms with E-state index in [2.05, 4.69) is 11.1 Å². The molecular formula is C17H11Cl2N3. The molecule has 0 fully saturated rings. The van der Waals surface area contributed by atoms with Crippen LogP contribution >= 0.6 is 23.2 Å². The van der Waals surface area contributed by atoms with Gasteiger partial charge in [0, 0.05) is 28.2 Å². The fourth-order valence-corrected chi connectivity index (χ4v) is 2.80. The van der Waals surface area contributed by atoms with Gasteiger partial charge in [0.1, 0.15) is 5.82 Å². The van der Waals surface area contributed by atoms with Crippen molar-refractivity contribution in [1.82, 2.24) is 9.55 Å². The summed E-state index contributed by atoms with van der Waals surface area (Å²) in [6, 6.07) is 14.8. The molecular weight excluding hydrogens is 317 g/mol. The van der Waals surface area contributed by atoms with Crippen LogP contribution in [0.3, 0.4) is 0 Å². The Balaban J connectivity index is 2.17. The van der Waals surface area contributed by atoms with Gasteiger partial charge in [0.2, 0.25) is 0 Å². The van der Waals surface area contributed by atoms with Crippen molar-refractivity contribution in [2.45, 2.75) is 6.92 Å². The van der Waals surface area contributed by atoms with E-state index in [1.54, 1.807) is 30.5 Å². The van der Waals surface area contributed by atoms with Crippen LogP contribution in [0.15, 0.2) is 48.7 Å². The van der Waals surface area contributed by atoms with Gasteiger partial charge < -0.3 is 0 Å². The van der Waals surface area contributed by atoms with Crippen LogP contribution in [0.25, 0.3) is 17.1 Å². The van der Waals surface area contributed by atoms with Gasteiger partial charge in [-0.25, -0.2) is 4.98 Å². The van der Waals surface area contributed by atoms with Crippen molar-refractivity contribution < 1.29 is 0 Å². The molecule has 5 heteroatoms. The van der Waals surface area contributed by atoms with E-state index in [9.17, 15) is 0 Å². The Hall–Kier alpha value is -2.28. The highest BCUT2D eigenvalue weighted by molar-refractivity contribution is 6.36. The Labute approximate surface area is 138 Å². The van der Waals surface area contributed by atoms with Crippen LogP contribution in [0.4, 0.5) is 0 Å². The van der Waals surface area contributed by atoms with E-state index in [4.69, 9.17) is 28.5 Å². The minimum Gasteiger partial charge on any atom is -0.297 e. The Bertz CT molecular complexity index is 874. The third-order valence-electron chi connectivity index (χ3n) is 3.36. The first-order chi connectivity index (χ1) is 10.6. The van der Waals surface area contributed by atoms with E-state index in [1.165, 1.54) is 0 Å². The highest BCUT2D eigenvalue weighted by Crippen LogP contribution is 2.31. The van der Waals surface area contributed by atoms with Crippen molar-refractivity contribution >= 4 is 23.2 Å². The molecule has 0 radical (unpaired) electrons. The Morgan fingerprint density at radius 2 is 1.82 bits per heavy atom. The van der Waals surface area contributed by atoms with E-state index in [0.717, 1.165) is 22.8 Å². The van der Waals surface area contributed by atoms with E-state index < -0.39 is 0 Å². The molecule has 0 aliphatic rings. The predicted octanol–water partition coefficient (Wildman–Crippen LogP) is 5.03. The predicted molar refractivity (Wildman–Crippen MR) is 88.5 cm³/mol. The van der Waals surface area contributed by atoms with Gasteiger partial charge in [0.15, 0.2) is 0 Å². The van der Waals surface area contributed by atoms with Crippen LogP contribution in [-0.4, -0.2) is 9.55 Å². The summed E-state index contributed by atoms with van der Waals surface area (Å²) in [7, 11) is 0. The minimum atomic E-state index is 0.549. The standard InChI is InChI=1S/C17H11Cl2N3/c1-11-10-21-17(15-7-4-13(18)8-16(15)19)22(11)14-5-2-12(9-20)3-6-14/h2-8,10H,1H3. The summed E-state index contributed by atoms with van der Waals surface area (Å²) in [5.41, 5.74) is 3.33. The van der Waals surface area contributed by atoms with Crippen LogP contribution in [-0.2, 0) is 0 Å². The van der Waals surface area contributed by atoms with Gasteiger partial charge in [-0.05, 0) is 49.4 Å². The highest BCUT2D eigenvalue weighted by atomic mass is 35.5. The zero-order valence-corrected chi connectivity index (χ0v) is 13.2. The second-order valence-electron chi connectivity index (χ2n) is 4.84. The highest BCUT2D eigenvalue weighted by Gasteiger charge is 2.14. The Kier molecular flexibility index (Phi) is 3.89. The lowest BCUT2D eigenvalue weighted by Gasteiger charge is -2.11. The molecule has 108 valence electrons. The number of benzene rings is 2. The van der Waals surface area contributed by atoms with E-state index in [0.29, 0.717) is 15.6 Å². The molecule has 0 atom stereocenters. The summed E-state index contributed by atoms with van der Waals surface area (Å²) in [6.45, 7) is 1.97. The average Bonchev–Trinajstić information content (AvgIpc) is 2.89. The molecule has 0 aliphatic carbocycles. The van der Waals surface area contributed by atoms with Crippen molar-refractivity contribution in [3.63, 3.8) is 0 Å². The first-order valence-corrected chi connectivity index (χ1v) is 7.36. The number of halogens is 2. The van der Waals surface area contributed by atoms with Crippen LogP contribution in [0.1, 0.15) is 11.3 Å². The lowest BCUT2D eigenvalue weighted by molar-refractivity contribution is 1.01. The summed E-state index contributed by atoms with van der Waals surface area (Å²) in [5.74, 6) is 0.740. The van der Waals surface area contributed by atoms with E-state index in [1.807, 2.05) is 29.7 Å². The maximum absolute atomic E-state index is 8.91. The second kappa shape index (κ2) is 5.84. The molecule has 1 aromatic heterocycles. The minimum absolute atomic E-state index is 0.549. The molecule has 0 saturated carbocycles. The van der Waals surface area contributed by atoms with Crippen molar-refractivity contribution in [1.29, 1.82) is 5.26 Å². The number of aromatic nitrogens is 2. The second-order valence-corrected chi connectivity index (χ2v) is 5.69. The van der Waals surface area contributed by atoms with Crippen LogP contribution < -0.4 is 0 Å². The monoisotopic (exact) mass is 327 g/mol. The molecule has 0 bridgehead atoms. The molecule has 0 spiro atoms. The van der Waals surface area contributed by atoms with Gasteiger partial charge in [-0.2, -0.15) is 5.26 Å². The summed E-state index contributed by atoms with van der Waals surface area (Å²) in [5, 5.41) is 10.0. The zero-order valence-electron chi connectivity index (χ0n) is 11.7. The third-order valence-corrected chi connectivity index (χ3v) is 3.91. The topological polar surface area (TPSA) is 41.6 Å². The van der Waals surface area contributed by atoms with Gasteiger partial charge in [-0.15, -0.1) is 0 Å². The first kappa shape index (κ1) is 14.6. The number of aryl methyl sites for hydroxylation is 1. The smallest absolute Gasteiger partial charge is 0.146 e. The van der Waals surface area contributed by atoms with Crippen molar-refractivity contribution in [2.75, 3.05) is 0 Å². The van der Waals surface area contributed by atoms with Crippen LogP contribution in [0.5, 0.6) is 0 Å². The Morgan fingerprint density at radius 3 is 2.45 bits per heavy atom. The normalized spacial score (nSPS) is 10.5. The summed E-state index contributed by atoms with van der Waals surface area (Å²) in [6.07, 6.45) is 1.79. The SMILES string of the molecule is Cc1cnc(-c2ccc(Cl)cc2Cl)n1-c1ccc(C#N)cc1. The fourth-order valence-electron chi connectivity index (χ4n) is 2.31. The number of rotatable bonds is 2. The summed E-state index contributed by atoms with van der Waals surface area (Å²) in [4.78, 5) is 4.47. The molecule has 3 aromatic rings. The number of nitriles is 1. The molecule has 1 heterocycles. The largest absolute Gasteiger partial charge is 0.297 e. The molecule has 22 heavy (non-hydrogen) atoms. The van der Waals surface area contributed by atoms with Crippen LogP contribution in [0, 0.1) is 18.3 Å². The lowest BCUT2D eigenvalue weighted by atomic mass is 10.2. The molecule has 0 saturated heterocycles. The quantitative estimate of drug-likeness (QED) is 0.662. The lowest BCUT2D eigenvalue weighted by Crippen LogP contribution is -2.00. The van der Waals surface area contributed by atoms with Gasteiger partial charge in [0.25, 0.3) is 0 Å². The van der Waals surface area contributed by atoms with Crippen molar-refractivity contribution in [2.24, 2.45) is 0 Å². The number of hydrogen-bond acceptors (Lipinski definition) is 2. The van der Waals surface area contributed by atoms with Gasteiger partial charge in [0.05, 0.1) is 16.7 Å². The number of hydrogen-bond donors (Lipinski definition) is 0. The van der Waals surface area contributed by atoms with E-state index >= 15 is 0 Å². The molecule has 2 aromatic carbocycles. The van der Waals surface area contributed by atoms with Crippen molar-refractivity contribution in [3.8, 4) is 23.1 Å². The zero-order chi connectivity index (χ0) is 15.7. The number of imidazole rings is 1. The Morgan fingerprint density at radius 1 is 1.09 bits per heavy atom. The average molecular weight is 328 g/mol. The summed E-state index contributed by atoms with van der Waals surface area (Å²) >= 11 is 12.3. The molecule has 3 nitrogen and oxygen atoms in total. The maximum atomic E-state index is 8.91. The molecule has 0 amide bonds. The maximum Gasteiger partial charge on any atom is 0.146 e. The molecule has 3 rings (SSSR count).